The van der Waals surface area contributed by atoms with Crippen LogP contribution in [0, 0.1) is 0 Å². The first-order valence-electron chi connectivity index (χ1n) is 6.58. The van der Waals surface area contributed by atoms with Gasteiger partial charge in [-0.25, -0.2) is 15.0 Å². The Balaban J connectivity index is 1.82. The van der Waals surface area contributed by atoms with E-state index >= 15 is 0 Å². The molecule has 2 aromatic heterocycles. The van der Waals surface area contributed by atoms with Crippen molar-refractivity contribution in [3.63, 3.8) is 0 Å². The number of piperazine rings is 1. The van der Waals surface area contributed by atoms with Crippen LogP contribution in [0.5, 0.6) is 0 Å². The van der Waals surface area contributed by atoms with Crippen molar-refractivity contribution in [2.24, 2.45) is 0 Å². The van der Waals surface area contributed by atoms with E-state index in [0.29, 0.717) is 17.0 Å². The molecular formula is C12H17N7O. The molecule has 0 unspecified atom stereocenters. The number of imidazole rings is 1. The zero-order valence-electron chi connectivity index (χ0n) is 11.3. The van der Waals surface area contributed by atoms with Crippen LogP contribution < -0.4 is 11.1 Å². The average Bonchev–Trinajstić information content (AvgIpc) is 2.84. The highest BCUT2D eigenvalue weighted by Gasteiger charge is 2.23. The number of carbonyl (C=O) groups is 1. The van der Waals surface area contributed by atoms with Crippen molar-refractivity contribution >= 4 is 22.9 Å². The van der Waals surface area contributed by atoms with Crippen LogP contribution in [0.1, 0.15) is 6.92 Å². The number of anilines is 1. The quantitative estimate of drug-likeness (QED) is 0.746. The van der Waals surface area contributed by atoms with Crippen LogP contribution in [0.25, 0.3) is 11.2 Å². The van der Waals surface area contributed by atoms with Gasteiger partial charge in [0, 0.05) is 25.7 Å². The fraction of sp³-hybridized carbons (Fsp3) is 0.500. The summed E-state index contributed by atoms with van der Waals surface area (Å²) in [6, 6.07) is 0.200. The minimum Gasteiger partial charge on any atom is -0.382 e. The number of fused-ring (bicyclic) bond motifs is 1. The molecule has 8 heteroatoms. The molecule has 2 aromatic rings. The number of carbonyl (C=O) groups excluding carboxylic acids is 1. The molecule has 106 valence electrons. The SMILES string of the molecule is C[C@H]1CNCCN1C(=O)Cn1cnc2c(N)ncnc21. The second kappa shape index (κ2) is 5.04. The van der Waals surface area contributed by atoms with Gasteiger partial charge in [-0.2, -0.15) is 0 Å². The van der Waals surface area contributed by atoms with Gasteiger partial charge in [0.05, 0.1) is 6.33 Å². The highest BCUT2D eigenvalue weighted by molar-refractivity contribution is 5.83. The number of aromatic nitrogens is 4. The third-order valence-electron chi connectivity index (χ3n) is 3.56. The summed E-state index contributed by atoms with van der Waals surface area (Å²) >= 11 is 0. The Hall–Kier alpha value is -2.22. The molecule has 0 radical (unpaired) electrons. The molecule has 0 bridgehead atoms. The van der Waals surface area contributed by atoms with Crippen molar-refractivity contribution < 1.29 is 4.79 Å². The number of nitrogens with one attached hydrogen (secondary N) is 1. The Morgan fingerprint density at radius 1 is 1.50 bits per heavy atom. The van der Waals surface area contributed by atoms with Crippen LogP contribution in [0.4, 0.5) is 5.82 Å². The van der Waals surface area contributed by atoms with Crippen LogP contribution >= 0.6 is 0 Å². The summed E-state index contributed by atoms with van der Waals surface area (Å²) < 4.78 is 1.71. The van der Waals surface area contributed by atoms with Crippen molar-refractivity contribution in [1.29, 1.82) is 0 Å². The molecule has 3 heterocycles. The summed E-state index contributed by atoms with van der Waals surface area (Å²) in [7, 11) is 0. The first-order chi connectivity index (χ1) is 9.66. The molecule has 0 spiro atoms. The molecule has 0 saturated carbocycles. The second-order valence-corrected chi connectivity index (χ2v) is 4.94. The number of nitrogen functional groups attached to an aromatic ring is 1. The molecule has 1 atom stereocenters. The Morgan fingerprint density at radius 2 is 2.35 bits per heavy atom. The number of nitrogens with zero attached hydrogens (tertiary/aromatic N) is 5. The summed E-state index contributed by atoms with van der Waals surface area (Å²) in [4.78, 5) is 26.5. The Labute approximate surface area is 116 Å². The van der Waals surface area contributed by atoms with E-state index in [1.807, 2.05) is 11.8 Å². The fourth-order valence-corrected chi connectivity index (χ4v) is 2.46. The number of hydrogen-bond acceptors (Lipinski definition) is 6. The van der Waals surface area contributed by atoms with Gasteiger partial charge in [-0.1, -0.05) is 0 Å². The van der Waals surface area contributed by atoms with Gasteiger partial charge in [0.1, 0.15) is 18.4 Å². The zero-order valence-corrected chi connectivity index (χ0v) is 11.3. The van der Waals surface area contributed by atoms with Crippen LogP contribution in [0.2, 0.25) is 0 Å². The zero-order chi connectivity index (χ0) is 14.1. The number of amides is 1. The topological polar surface area (TPSA) is 102 Å². The number of nitrogens with two attached hydrogens (primary N) is 1. The smallest absolute Gasteiger partial charge is 0.242 e. The lowest BCUT2D eigenvalue weighted by Gasteiger charge is -2.34. The minimum absolute atomic E-state index is 0.0653. The molecular weight excluding hydrogens is 258 g/mol. The first kappa shape index (κ1) is 12.8. The normalized spacial score (nSPS) is 19.4. The van der Waals surface area contributed by atoms with Gasteiger partial charge in [0.2, 0.25) is 5.91 Å². The molecule has 1 saturated heterocycles. The van der Waals surface area contributed by atoms with E-state index in [1.165, 1.54) is 6.33 Å². The molecule has 1 amide bonds. The molecule has 8 nitrogen and oxygen atoms in total. The monoisotopic (exact) mass is 275 g/mol. The van der Waals surface area contributed by atoms with E-state index in [2.05, 4.69) is 20.3 Å². The summed E-state index contributed by atoms with van der Waals surface area (Å²) in [6.45, 7) is 4.64. The molecule has 1 aliphatic heterocycles. The van der Waals surface area contributed by atoms with Gasteiger partial charge < -0.3 is 20.5 Å². The molecule has 20 heavy (non-hydrogen) atoms. The third kappa shape index (κ3) is 2.18. The number of hydrogen-bond donors (Lipinski definition) is 2. The van der Waals surface area contributed by atoms with Crippen LogP contribution in [-0.2, 0) is 11.3 Å². The lowest BCUT2D eigenvalue weighted by molar-refractivity contribution is -0.134. The van der Waals surface area contributed by atoms with E-state index in [-0.39, 0.29) is 18.5 Å². The maximum atomic E-state index is 12.4. The van der Waals surface area contributed by atoms with Crippen LogP contribution in [-0.4, -0.2) is 56.0 Å². The maximum Gasteiger partial charge on any atom is 0.242 e. The van der Waals surface area contributed by atoms with E-state index in [0.717, 1.165) is 19.6 Å². The lowest BCUT2D eigenvalue weighted by Crippen LogP contribution is -2.53. The van der Waals surface area contributed by atoms with Crippen molar-refractivity contribution in [2.45, 2.75) is 19.5 Å². The van der Waals surface area contributed by atoms with E-state index in [9.17, 15) is 4.79 Å². The maximum absolute atomic E-state index is 12.4. The highest BCUT2D eigenvalue weighted by atomic mass is 16.2. The molecule has 0 aromatic carbocycles. The van der Waals surface area contributed by atoms with Gasteiger partial charge in [0.25, 0.3) is 0 Å². The minimum atomic E-state index is 0.0653. The van der Waals surface area contributed by atoms with Crippen molar-refractivity contribution in [2.75, 3.05) is 25.4 Å². The Bertz CT molecular complexity index is 638. The summed E-state index contributed by atoms with van der Waals surface area (Å²) in [5, 5.41) is 3.27. The van der Waals surface area contributed by atoms with E-state index < -0.39 is 0 Å². The molecule has 3 N–H and O–H groups in total. The van der Waals surface area contributed by atoms with E-state index in [4.69, 9.17) is 5.73 Å². The summed E-state index contributed by atoms with van der Waals surface area (Å²) in [5.41, 5.74) is 6.86. The second-order valence-electron chi connectivity index (χ2n) is 4.94. The Kier molecular flexibility index (Phi) is 3.23. The molecule has 1 aliphatic rings. The summed E-state index contributed by atoms with van der Waals surface area (Å²) in [5.74, 6) is 0.396. The van der Waals surface area contributed by atoms with E-state index in [1.54, 1.807) is 10.9 Å². The van der Waals surface area contributed by atoms with Gasteiger partial charge in [-0.05, 0) is 6.92 Å². The van der Waals surface area contributed by atoms with Crippen LogP contribution in [0.15, 0.2) is 12.7 Å². The van der Waals surface area contributed by atoms with Gasteiger partial charge in [-0.15, -0.1) is 0 Å². The van der Waals surface area contributed by atoms with Gasteiger partial charge >= 0.3 is 0 Å². The fourth-order valence-electron chi connectivity index (χ4n) is 2.46. The molecule has 0 aliphatic carbocycles. The highest BCUT2D eigenvalue weighted by Crippen LogP contribution is 2.14. The van der Waals surface area contributed by atoms with Gasteiger partial charge in [-0.3, -0.25) is 4.79 Å². The standard InChI is InChI=1S/C12H17N7O/c1-8-4-14-2-3-19(8)9(20)5-18-7-17-10-11(13)15-6-16-12(10)18/h6-8,14H,2-5H2,1H3,(H2,13,15,16)/t8-/m0/s1. The van der Waals surface area contributed by atoms with Crippen LogP contribution in [0.3, 0.4) is 0 Å². The predicted molar refractivity (Wildman–Crippen MR) is 73.8 cm³/mol. The summed E-state index contributed by atoms with van der Waals surface area (Å²) in [6.07, 6.45) is 2.97. The van der Waals surface area contributed by atoms with Crippen molar-refractivity contribution in [3.05, 3.63) is 12.7 Å². The lowest BCUT2D eigenvalue weighted by atomic mass is 10.2. The average molecular weight is 275 g/mol. The van der Waals surface area contributed by atoms with Crippen molar-refractivity contribution in [3.8, 4) is 0 Å². The predicted octanol–water partition coefficient (Wildman–Crippen LogP) is -0.771. The first-order valence-corrected chi connectivity index (χ1v) is 6.58. The van der Waals surface area contributed by atoms with Gasteiger partial charge in [0.15, 0.2) is 11.5 Å². The Morgan fingerprint density at radius 3 is 3.15 bits per heavy atom. The molecule has 1 fully saturated rings. The largest absolute Gasteiger partial charge is 0.382 e. The molecule has 3 rings (SSSR count). The third-order valence-corrected chi connectivity index (χ3v) is 3.56. The number of rotatable bonds is 2. The van der Waals surface area contributed by atoms with Crippen molar-refractivity contribution in [1.82, 2.24) is 29.7 Å².